The number of nitrogens with zero attached hydrogens (tertiary/aromatic N) is 3. The summed E-state index contributed by atoms with van der Waals surface area (Å²) in [5, 5.41) is 2.30. The molecule has 0 N–H and O–H groups in total. The van der Waals surface area contributed by atoms with Crippen LogP contribution in [0.1, 0.15) is 32.3 Å². The van der Waals surface area contributed by atoms with Crippen LogP contribution in [-0.4, -0.2) is 36.2 Å². The van der Waals surface area contributed by atoms with Crippen molar-refractivity contribution in [2.24, 2.45) is 10.4 Å². The van der Waals surface area contributed by atoms with Crippen LogP contribution in [0.5, 0.6) is 0 Å². The van der Waals surface area contributed by atoms with Crippen molar-refractivity contribution < 1.29 is 0 Å². The highest BCUT2D eigenvalue weighted by molar-refractivity contribution is 9.10. The van der Waals surface area contributed by atoms with E-state index >= 15 is 0 Å². The molecule has 2 heterocycles. The van der Waals surface area contributed by atoms with Gasteiger partial charge in [0.2, 0.25) is 0 Å². The van der Waals surface area contributed by atoms with Crippen LogP contribution >= 0.6 is 15.9 Å². The highest BCUT2D eigenvalue weighted by atomic mass is 79.9. The van der Waals surface area contributed by atoms with E-state index in [9.17, 15) is 0 Å². The van der Waals surface area contributed by atoms with Gasteiger partial charge in [-0.2, -0.15) is 0 Å². The molecule has 0 amide bonds. The van der Waals surface area contributed by atoms with E-state index in [2.05, 4.69) is 71.9 Å². The Morgan fingerprint density at radius 1 is 1.24 bits per heavy atom. The second-order valence-electron chi connectivity index (χ2n) is 7.15. The maximum absolute atomic E-state index is 5.01. The molecule has 1 aromatic rings. The molecule has 1 saturated heterocycles. The number of fused-ring (bicyclic) bond motifs is 1. The zero-order valence-electron chi connectivity index (χ0n) is 13.4. The molecule has 0 aromatic heterocycles. The summed E-state index contributed by atoms with van der Waals surface area (Å²) in [7, 11) is 2.13. The molecule has 3 rings (SSSR count). The van der Waals surface area contributed by atoms with E-state index in [0.29, 0.717) is 5.41 Å². The molecular weight excluding hydrogens is 326 g/mol. The first-order valence-electron chi connectivity index (χ1n) is 7.68. The lowest BCUT2D eigenvalue weighted by molar-refractivity contribution is 0.0443. The fourth-order valence-corrected chi connectivity index (χ4v) is 3.88. The summed E-state index contributed by atoms with van der Waals surface area (Å²) < 4.78 is 1.10. The van der Waals surface area contributed by atoms with Gasteiger partial charge in [0, 0.05) is 36.0 Å². The molecule has 1 unspecified atom stereocenters. The number of benzene rings is 1. The summed E-state index contributed by atoms with van der Waals surface area (Å²) in [6, 6.07) is 4.35. The van der Waals surface area contributed by atoms with E-state index in [0.717, 1.165) is 22.9 Å². The average Bonchev–Trinajstić information content (AvgIpc) is 2.38. The van der Waals surface area contributed by atoms with Crippen LogP contribution in [0.3, 0.4) is 0 Å². The van der Waals surface area contributed by atoms with Gasteiger partial charge in [-0.25, -0.2) is 4.99 Å². The molecular formula is C17H24BrN3. The molecule has 114 valence electrons. The number of likely N-dealkylation sites (tertiary alicyclic amines) is 1. The van der Waals surface area contributed by atoms with Gasteiger partial charge in [0.25, 0.3) is 0 Å². The van der Waals surface area contributed by atoms with Crippen molar-refractivity contribution in [2.45, 2.75) is 39.9 Å². The maximum atomic E-state index is 5.01. The number of rotatable bonds is 1. The van der Waals surface area contributed by atoms with E-state index in [4.69, 9.17) is 4.99 Å². The Kier molecular flexibility index (Phi) is 3.87. The molecule has 1 atom stereocenters. The molecule has 21 heavy (non-hydrogen) atoms. The van der Waals surface area contributed by atoms with Gasteiger partial charge in [-0.3, -0.25) is 4.90 Å². The molecule has 0 aliphatic carbocycles. The number of aryl methyl sites for hydroxylation is 1. The summed E-state index contributed by atoms with van der Waals surface area (Å²) in [5.74, 6) is 0. The summed E-state index contributed by atoms with van der Waals surface area (Å²) in [6.45, 7) is 9.10. The second kappa shape index (κ2) is 5.40. The van der Waals surface area contributed by atoms with Gasteiger partial charge < -0.3 is 4.90 Å². The van der Waals surface area contributed by atoms with Crippen LogP contribution in [-0.2, 0) is 0 Å². The number of halogens is 1. The lowest BCUT2D eigenvalue weighted by Gasteiger charge is -2.42. The number of hydrogen-bond donors (Lipinski definition) is 0. The third-order valence-corrected chi connectivity index (χ3v) is 5.27. The lowest BCUT2D eigenvalue weighted by Crippen LogP contribution is -2.52. The molecule has 3 nitrogen and oxygen atoms in total. The molecule has 1 aromatic carbocycles. The fourth-order valence-electron chi connectivity index (χ4n) is 3.19. The Morgan fingerprint density at radius 2 is 1.90 bits per heavy atom. The Hall–Kier alpha value is -0.870. The maximum Gasteiger partial charge on any atom is 0.178 e. The first kappa shape index (κ1) is 15.0. The highest BCUT2D eigenvalue weighted by Gasteiger charge is 2.31. The first-order valence-corrected chi connectivity index (χ1v) is 8.47. The van der Waals surface area contributed by atoms with Gasteiger partial charge in [-0.05, 0) is 58.8 Å². The van der Waals surface area contributed by atoms with E-state index in [1.165, 1.54) is 23.6 Å². The Morgan fingerprint density at radius 3 is 2.57 bits per heavy atom. The average molecular weight is 350 g/mol. The topological polar surface area (TPSA) is 18.8 Å². The SMILES string of the molecule is Cc1cc(Br)c2c(c1)=CN(C)C(N1CCC(C)(C)CC1)N=2. The van der Waals surface area contributed by atoms with Crippen molar-refractivity contribution in [3.63, 3.8) is 0 Å². The van der Waals surface area contributed by atoms with Crippen LogP contribution in [0.15, 0.2) is 21.6 Å². The lowest BCUT2D eigenvalue weighted by atomic mass is 9.83. The molecule has 0 spiro atoms. The molecule has 4 heteroatoms. The predicted molar refractivity (Wildman–Crippen MR) is 90.3 cm³/mol. The Labute approximate surface area is 135 Å². The van der Waals surface area contributed by atoms with Crippen LogP contribution < -0.4 is 10.6 Å². The normalized spacial score (nSPS) is 25.0. The van der Waals surface area contributed by atoms with Gasteiger partial charge in [-0.1, -0.05) is 13.8 Å². The van der Waals surface area contributed by atoms with Gasteiger partial charge >= 0.3 is 0 Å². The monoisotopic (exact) mass is 349 g/mol. The van der Waals surface area contributed by atoms with Crippen molar-refractivity contribution in [3.05, 3.63) is 32.7 Å². The Balaban J connectivity index is 1.93. The Bertz CT molecular complexity index is 655. The standard InChI is InChI=1S/C17H24BrN3/c1-12-9-13-11-20(4)16(19-15(13)14(18)10-12)21-7-5-17(2,3)6-8-21/h9-11,16H,5-8H2,1-4H3. The van der Waals surface area contributed by atoms with E-state index in [1.807, 2.05) is 0 Å². The molecule has 0 saturated carbocycles. The van der Waals surface area contributed by atoms with Crippen molar-refractivity contribution in [1.29, 1.82) is 0 Å². The second-order valence-corrected chi connectivity index (χ2v) is 8.01. The van der Waals surface area contributed by atoms with Gasteiger partial charge in [0.15, 0.2) is 6.29 Å². The zero-order chi connectivity index (χ0) is 15.2. The van der Waals surface area contributed by atoms with Crippen LogP contribution in [0, 0.1) is 12.3 Å². The summed E-state index contributed by atoms with van der Waals surface area (Å²) in [4.78, 5) is 9.75. The van der Waals surface area contributed by atoms with Crippen molar-refractivity contribution in [3.8, 4) is 0 Å². The quantitative estimate of drug-likeness (QED) is 0.775. The van der Waals surface area contributed by atoms with E-state index in [1.54, 1.807) is 0 Å². The van der Waals surface area contributed by atoms with Crippen LogP contribution in [0.4, 0.5) is 0 Å². The van der Waals surface area contributed by atoms with Crippen LogP contribution in [0.25, 0.3) is 6.20 Å². The number of piperidine rings is 1. The van der Waals surface area contributed by atoms with E-state index < -0.39 is 0 Å². The third kappa shape index (κ3) is 3.02. The molecule has 0 radical (unpaired) electrons. The zero-order valence-corrected chi connectivity index (χ0v) is 14.9. The van der Waals surface area contributed by atoms with Crippen molar-refractivity contribution in [1.82, 2.24) is 9.80 Å². The summed E-state index contributed by atoms with van der Waals surface area (Å²) in [6.07, 6.45) is 4.85. The smallest absolute Gasteiger partial charge is 0.178 e. The van der Waals surface area contributed by atoms with Crippen molar-refractivity contribution in [2.75, 3.05) is 20.1 Å². The van der Waals surface area contributed by atoms with Crippen molar-refractivity contribution >= 4 is 22.1 Å². The molecule has 1 fully saturated rings. The minimum atomic E-state index is 0.132. The summed E-state index contributed by atoms with van der Waals surface area (Å²) in [5.41, 5.74) is 1.74. The molecule has 2 aliphatic rings. The predicted octanol–water partition coefficient (Wildman–Crippen LogP) is 2.47. The third-order valence-electron chi connectivity index (χ3n) is 4.67. The minimum absolute atomic E-state index is 0.132. The number of hydrogen-bond acceptors (Lipinski definition) is 3. The van der Waals surface area contributed by atoms with Gasteiger partial charge in [-0.15, -0.1) is 0 Å². The minimum Gasteiger partial charge on any atom is -0.346 e. The fraction of sp³-hybridized carbons (Fsp3) is 0.588. The molecule has 0 bridgehead atoms. The van der Waals surface area contributed by atoms with Gasteiger partial charge in [0.1, 0.15) is 0 Å². The molecule has 2 aliphatic heterocycles. The van der Waals surface area contributed by atoms with E-state index in [-0.39, 0.29) is 6.29 Å². The van der Waals surface area contributed by atoms with Crippen LogP contribution in [0.2, 0.25) is 0 Å². The van der Waals surface area contributed by atoms with Gasteiger partial charge in [0.05, 0.1) is 5.36 Å². The first-order chi connectivity index (χ1) is 9.85. The summed E-state index contributed by atoms with van der Waals surface area (Å²) >= 11 is 3.67. The highest BCUT2D eigenvalue weighted by Crippen LogP contribution is 2.31. The largest absolute Gasteiger partial charge is 0.346 e.